The van der Waals surface area contributed by atoms with Gasteiger partial charge in [0.25, 0.3) is 5.89 Å². The van der Waals surface area contributed by atoms with Crippen LogP contribution in [0.4, 0.5) is 5.69 Å². The zero-order chi connectivity index (χ0) is 16.5. The molecule has 0 saturated carbocycles. The molecular weight excluding hydrogens is 308 g/mol. The highest BCUT2D eigenvalue weighted by atomic mass is 16.5. The largest absolute Gasteiger partial charge is 0.332 e. The van der Waals surface area contributed by atoms with Gasteiger partial charge >= 0.3 is 0 Å². The van der Waals surface area contributed by atoms with E-state index in [0.29, 0.717) is 30.4 Å². The van der Waals surface area contributed by atoms with Crippen molar-refractivity contribution in [1.29, 1.82) is 0 Å². The lowest BCUT2D eigenvalue weighted by Crippen LogP contribution is -2.24. The first-order valence-corrected chi connectivity index (χ1v) is 7.84. The van der Waals surface area contributed by atoms with E-state index in [-0.39, 0.29) is 11.8 Å². The maximum absolute atomic E-state index is 12.3. The number of rotatable bonds is 4. The number of aromatic nitrogens is 5. The molecule has 1 aliphatic rings. The van der Waals surface area contributed by atoms with Crippen molar-refractivity contribution < 1.29 is 9.32 Å². The van der Waals surface area contributed by atoms with Crippen LogP contribution in [0, 0.1) is 0 Å². The van der Waals surface area contributed by atoms with E-state index in [4.69, 9.17) is 4.52 Å². The van der Waals surface area contributed by atoms with Gasteiger partial charge in [-0.05, 0) is 19.1 Å². The third-order valence-electron chi connectivity index (χ3n) is 4.08. The molecule has 8 nitrogen and oxygen atoms in total. The van der Waals surface area contributed by atoms with E-state index >= 15 is 0 Å². The van der Waals surface area contributed by atoms with Crippen molar-refractivity contribution in [3.05, 3.63) is 42.4 Å². The van der Waals surface area contributed by atoms with Gasteiger partial charge in [0.2, 0.25) is 5.91 Å². The van der Waals surface area contributed by atoms with Crippen LogP contribution in [0.1, 0.15) is 25.1 Å². The molecule has 0 spiro atoms. The van der Waals surface area contributed by atoms with Crippen LogP contribution in [0.3, 0.4) is 0 Å². The summed E-state index contributed by atoms with van der Waals surface area (Å²) in [6.45, 7) is 3.24. The van der Waals surface area contributed by atoms with E-state index in [0.717, 1.165) is 12.2 Å². The number of benzene rings is 1. The zero-order valence-corrected chi connectivity index (χ0v) is 13.2. The molecule has 1 aliphatic heterocycles. The smallest absolute Gasteiger partial charge is 0.280 e. The molecule has 1 unspecified atom stereocenters. The summed E-state index contributed by atoms with van der Waals surface area (Å²) >= 11 is 0. The van der Waals surface area contributed by atoms with Gasteiger partial charge in [-0.1, -0.05) is 28.6 Å². The Morgan fingerprint density at radius 1 is 1.29 bits per heavy atom. The SMILES string of the molecule is CCn1cc(-c2nc(C3CC(=O)N(c4ccccc4)C3)no2)nn1. The van der Waals surface area contributed by atoms with Gasteiger partial charge in [-0.15, -0.1) is 5.10 Å². The summed E-state index contributed by atoms with van der Waals surface area (Å²) in [4.78, 5) is 18.4. The molecular formula is C16H16N6O2. The quantitative estimate of drug-likeness (QED) is 0.728. The molecule has 1 aromatic carbocycles. The first-order valence-electron chi connectivity index (χ1n) is 7.84. The van der Waals surface area contributed by atoms with Crippen molar-refractivity contribution >= 4 is 11.6 Å². The van der Waals surface area contributed by atoms with E-state index < -0.39 is 0 Å². The van der Waals surface area contributed by atoms with Crippen molar-refractivity contribution in [2.24, 2.45) is 0 Å². The monoisotopic (exact) mass is 324 g/mol. The maximum atomic E-state index is 12.3. The van der Waals surface area contributed by atoms with Crippen molar-refractivity contribution in [3.63, 3.8) is 0 Å². The summed E-state index contributed by atoms with van der Waals surface area (Å²) in [5.74, 6) is 0.837. The minimum Gasteiger partial charge on any atom is -0.332 e. The molecule has 0 radical (unpaired) electrons. The summed E-state index contributed by atoms with van der Waals surface area (Å²) in [5.41, 5.74) is 1.43. The van der Waals surface area contributed by atoms with Gasteiger partial charge in [0.1, 0.15) is 0 Å². The first-order chi connectivity index (χ1) is 11.7. The first kappa shape index (κ1) is 14.6. The Balaban J connectivity index is 1.54. The van der Waals surface area contributed by atoms with Crippen LogP contribution >= 0.6 is 0 Å². The number of aryl methyl sites for hydroxylation is 1. The molecule has 4 rings (SSSR count). The van der Waals surface area contributed by atoms with Crippen molar-refractivity contribution in [1.82, 2.24) is 25.1 Å². The average Bonchev–Trinajstić information content (AvgIpc) is 3.34. The van der Waals surface area contributed by atoms with Crippen LogP contribution in [0.2, 0.25) is 0 Å². The van der Waals surface area contributed by atoms with Gasteiger partial charge < -0.3 is 9.42 Å². The Bertz CT molecular complexity index is 856. The molecule has 1 atom stereocenters. The predicted molar refractivity (Wildman–Crippen MR) is 85.1 cm³/mol. The second kappa shape index (κ2) is 5.88. The lowest BCUT2D eigenvalue weighted by molar-refractivity contribution is -0.117. The molecule has 2 aromatic heterocycles. The van der Waals surface area contributed by atoms with Crippen LogP contribution < -0.4 is 4.90 Å². The lowest BCUT2D eigenvalue weighted by Gasteiger charge is -2.15. The standard InChI is InChI=1S/C16H16N6O2/c1-2-21-10-13(18-20-21)16-17-15(19-24-16)11-8-14(23)22(9-11)12-6-4-3-5-7-12/h3-7,10-11H,2,8-9H2,1H3. The number of anilines is 1. The highest BCUT2D eigenvalue weighted by molar-refractivity contribution is 5.96. The van der Waals surface area contributed by atoms with E-state index in [1.165, 1.54) is 0 Å². The second-order valence-corrected chi connectivity index (χ2v) is 5.66. The van der Waals surface area contributed by atoms with Gasteiger partial charge in [-0.3, -0.25) is 9.48 Å². The fourth-order valence-electron chi connectivity index (χ4n) is 2.79. The van der Waals surface area contributed by atoms with Crippen molar-refractivity contribution in [2.45, 2.75) is 25.8 Å². The third kappa shape index (κ3) is 2.55. The predicted octanol–water partition coefficient (Wildman–Crippen LogP) is 1.87. The number of carbonyl (C=O) groups is 1. The Labute approximate surface area is 138 Å². The maximum Gasteiger partial charge on any atom is 0.280 e. The third-order valence-corrected chi connectivity index (χ3v) is 4.08. The molecule has 1 amide bonds. The molecule has 1 fully saturated rings. The average molecular weight is 324 g/mol. The molecule has 0 aliphatic carbocycles. The zero-order valence-electron chi connectivity index (χ0n) is 13.2. The number of para-hydroxylation sites is 1. The fourth-order valence-corrected chi connectivity index (χ4v) is 2.79. The summed E-state index contributed by atoms with van der Waals surface area (Å²) in [6, 6.07) is 9.60. The number of carbonyl (C=O) groups excluding carboxylic acids is 1. The van der Waals surface area contributed by atoms with E-state index in [2.05, 4.69) is 20.5 Å². The molecule has 8 heteroatoms. The molecule has 1 saturated heterocycles. The molecule has 24 heavy (non-hydrogen) atoms. The van der Waals surface area contributed by atoms with Crippen molar-refractivity contribution in [3.8, 4) is 11.6 Å². The molecule has 0 bridgehead atoms. The number of nitrogens with zero attached hydrogens (tertiary/aromatic N) is 6. The van der Waals surface area contributed by atoms with Crippen LogP contribution in [-0.4, -0.2) is 37.6 Å². The minimum atomic E-state index is -0.0866. The lowest BCUT2D eigenvalue weighted by atomic mass is 10.1. The molecule has 3 aromatic rings. The van der Waals surface area contributed by atoms with Gasteiger partial charge in [0, 0.05) is 31.1 Å². The van der Waals surface area contributed by atoms with Gasteiger partial charge in [0.15, 0.2) is 11.5 Å². The molecule has 122 valence electrons. The highest BCUT2D eigenvalue weighted by Gasteiger charge is 2.34. The number of amides is 1. The van der Waals surface area contributed by atoms with E-state index in [1.807, 2.05) is 37.3 Å². The highest BCUT2D eigenvalue weighted by Crippen LogP contribution is 2.31. The van der Waals surface area contributed by atoms with Crippen LogP contribution in [0.25, 0.3) is 11.6 Å². The molecule has 0 N–H and O–H groups in total. The minimum absolute atomic E-state index is 0.0643. The molecule has 3 heterocycles. The number of hydrogen-bond acceptors (Lipinski definition) is 6. The second-order valence-electron chi connectivity index (χ2n) is 5.66. The summed E-state index contributed by atoms with van der Waals surface area (Å²) in [7, 11) is 0. The fraction of sp³-hybridized carbons (Fsp3) is 0.312. The number of hydrogen-bond donors (Lipinski definition) is 0. The Morgan fingerprint density at radius 2 is 2.12 bits per heavy atom. The normalized spacial score (nSPS) is 17.6. The van der Waals surface area contributed by atoms with Crippen molar-refractivity contribution in [2.75, 3.05) is 11.4 Å². The van der Waals surface area contributed by atoms with Gasteiger partial charge in [0.05, 0.1) is 6.20 Å². The summed E-state index contributed by atoms with van der Waals surface area (Å²) < 4.78 is 6.98. The Hall–Kier alpha value is -3.03. The summed E-state index contributed by atoms with van der Waals surface area (Å²) in [5, 5.41) is 12.0. The van der Waals surface area contributed by atoms with Crippen LogP contribution in [-0.2, 0) is 11.3 Å². The van der Waals surface area contributed by atoms with E-state index in [1.54, 1.807) is 15.8 Å². The Kier molecular flexibility index (Phi) is 3.56. The van der Waals surface area contributed by atoms with Gasteiger partial charge in [-0.2, -0.15) is 4.98 Å². The summed E-state index contributed by atoms with van der Waals surface area (Å²) in [6.07, 6.45) is 2.13. The topological polar surface area (TPSA) is 89.9 Å². The van der Waals surface area contributed by atoms with Crippen LogP contribution in [0.5, 0.6) is 0 Å². The van der Waals surface area contributed by atoms with E-state index in [9.17, 15) is 4.79 Å². The Morgan fingerprint density at radius 3 is 2.88 bits per heavy atom. The van der Waals surface area contributed by atoms with Gasteiger partial charge in [-0.25, -0.2) is 0 Å². The van der Waals surface area contributed by atoms with Crippen LogP contribution in [0.15, 0.2) is 41.1 Å².